The smallest absolute Gasteiger partial charge is 0.262 e. The third-order valence-electron chi connectivity index (χ3n) is 4.37. The maximum Gasteiger partial charge on any atom is 0.262 e. The van der Waals surface area contributed by atoms with Gasteiger partial charge < -0.3 is 4.42 Å². The van der Waals surface area contributed by atoms with Gasteiger partial charge in [0.2, 0.25) is 11.8 Å². The summed E-state index contributed by atoms with van der Waals surface area (Å²) in [5.74, 6) is 1.45. The highest BCUT2D eigenvalue weighted by Gasteiger charge is 2.14. The van der Waals surface area contributed by atoms with Gasteiger partial charge in [0.05, 0.1) is 16.7 Å². The van der Waals surface area contributed by atoms with Crippen LogP contribution in [0.2, 0.25) is 0 Å². The molecule has 0 aliphatic rings. The lowest BCUT2D eigenvalue weighted by atomic mass is 10.2. The molecule has 0 bridgehead atoms. The third-order valence-corrected chi connectivity index (χ3v) is 5.34. The van der Waals surface area contributed by atoms with E-state index in [2.05, 4.69) is 17.1 Å². The molecule has 0 unspecified atom stereocenters. The van der Waals surface area contributed by atoms with Crippen molar-refractivity contribution in [2.24, 2.45) is 0 Å². The van der Waals surface area contributed by atoms with E-state index < -0.39 is 0 Å². The summed E-state index contributed by atoms with van der Waals surface area (Å²) >= 11 is 1.44. The van der Waals surface area contributed by atoms with Crippen molar-refractivity contribution in [2.45, 2.75) is 37.2 Å². The Kier molecular flexibility index (Phi) is 5.53. The van der Waals surface area contributed by atoms with Gasteiger partial charge in [-0.3, -0.25) is 9.36 Å². The Labute approximate surface area is 166 Å². The average Bonchev–Trinajstić information content (AvgIpc) is 3.21. The van der Waals surface area contributed by atoms with Crippen LogP contribution in [0.4, 0.5) is 0 Å². The van der Waals surface area contributed by atoms with Crippen molar-refractivity contribution in [2.75, 3.05) is 0 Å². The van der Waals surface area contributed by atoms with E-state index in [-0.39, 0.29) is 5.56 Å². The third kappa shape index (κ3) is 3.84. The minimum atomic E-state index is -0.00273. The monoisotopic (exact) mass is 392 g/mol. The van der Waals surface area contributed by atoms with Gasteiger partial charge in [0.15, 0.2) is 5.16 Å². The molecule has 7 heteroatoms. The molecule has 6 nitrogen and oxygen atoms in total. The summed E-state index contributed by atoms with van der Waals surface area (Å²) in [4.78, 5) is 17.6. The lowest BCUT2D eigenvalue weighted by molar-refractivity contribution is 0.526. The van der Waals surface area contributed by atoms with E-state index in [1.807, 2.05) is 54.6 Å². The summed E-state index contributed by atoms with van der Waals surface area (Å²) in [6.07, 6.45) is 1.93. The Hall–Kier alpha value is -2.93. The van der Waals surface area contributed by atoms with Gasteiger partial charge in [0.1, 0.15) is 0 Å². The van der Waals surface area contributed by atoms with Gasteiger partial charge in [-0.2, -0.15) is 0 Å². The zero-order chi connectivity index (χ0) is 19.3. The fraction of sp³-hybridized carbons (Fsp3) is 0.238. The number of thioether (sulfide) groups is 1. The maximum absolute atomic E-state index is 12.9. The van der Waals surface area contributed by atoms with E-state index in [0.29, 0.717) is 40.1 Å². The van der Waals surface area contributed by atoms with Crippen molar-refractivity contribution in [1.82, 2.24) is 19.7 Å². The van der Waals surface area contributed by atoms with Crippen LogP contribution in [-0.4, -0.2) is 19.7 Å². The second kappa shape index (κ2) is 8.39. The van der Waals surface area contributed by atoms with Gasteiger partial charge in [-0.25, -0.2) is 4.98 Å². The zero-order valence-electron chi connectivity index (χ0n) is 15.5. The van der Waals surface area contributed by atoms with Crippen molar-refractivity contribution in [1.29, 1.82) is 0 Å². The van der Waals surface area contributed by atoms with Crippen LogP contribution in [0, 0.1) is 0 Å². The summed E-state index contributed by atoms with van der Waals surface area (Å²) in [5, 5.41) is 9.57. The average molecular weight is 392 g/mol. The van der Waals surface area contributed by atoms with Gasteiger partial charge in [0, 0.05) is 12.1 Å². The van der Waals surface area contributed by atoms with Crippen LogP contribution in [0.1, 0.15) is 25.7 Å². The predicted octanol–water partition coefficient (Wildman–Crippen LogP) is 4.54. The molecule has 0 radical (unpaired) electrons. The first kappa shape index (κ1) is 18.4. The summed E-state index contributed by atoms with van der Waals surface area (Å²) in [7, 11) is 0. The number of benzene rings is 2. The molecular formula is C21H20N4O2S. The standard InChI is InChI=1S/C21H20N4O2S/c1-2-3-13-25-20(26)16-11-7-8-12-17(16)22-21(25)28-14-18-23-24-19(27-18)15-9-5-4-6-10-15/h4-12H,2-3,13-14H2,1H3. The number of rotatable bonds is 7. The fourth-order valence-corrected chi connectivity index (χ4v) is 3.77. The number of fused-ring (bicyclic) bond motifs is 1. The number of para-hydroxylation sites is 1. The molecule has 0 aliphatic heterocycles. The van der Waals surface area contributed by atoms with Gasteiger partial charge in [-0.1, -0.05) is 55.4 Å². The minimum Gasteiger partial charge on any atom is -0.420 e. The molecule has 2 aromatic carbocycles. The Morgan fingerprint density at radius 3 is 2.64 bits per heavy atom. The quantitative estimate of drug-likeness (QED) is 0.340. The molecule has 0 saturated heterocycles. The van der Waals surface area contributed by atoms with Crippen molar-refractivity contribution in [3.05, 3.63) is 70.8 Å². The van der Waals surface area contributed by atoms with Gasteiger partial charge in [-0.05, 0) is 30.7 Å². The van der Waals surface area contributed by atoms with Crippen LogP contribution >= 0.6 is 11.8 Å². The van der Waals surface area contributed by atoms with E-state index in [0.717, 1.165) is 18.4 Å². The highest BCUT2D eigenvalue weighted by Crippen LogP contribution is 2.24. The van der Waals surface area contributed by atoms with Crippen LogP contribution in [0.3, 0.4) is 0 Å². The van der Waals surface area contributed by atoms with E-state index in [1.165, 1.54) is 11.8 Å². The Balaban J connectivity index is 1.60. The molecule has 2 aromatic heterocycles. The van der Waals surface area contributed by atoms with Crippen LogP contribution < -0.4 is 5.56 Å². The Bertz CT molecular complexity index is 1140. The number of aromatic nitrogens is 4. The molecule has 2 heterocycles. The first-order valence-corrected chi connectivity index (χ1v) is 10.2. The topological polar surface area (TPSA) is 73.8 Å². The number of unbranched alkanes of at least 4 members (excludes halogenated alkanes) is 1. The molecule has 4 aromatic rings. The lowest BCUT2D eigenvalue weighted by Crippen LogP contribution is -2.23. The largest absolute Gasteiger partial charge is 0.420 e. The summed E-state index contributed by atoms with van der Waals surface area (Å²) in [5.41, 5.74) is 1.59. The lowest BCUT2D eigenvalue weighted by Gasteiger charge is -2.12. The van der Waals surface area contributed by atoms with Crippen molar-refractivity contribution in [3.63, 3.8) is 0 Å². The molecule has 4 rings (SSSR count). The van der Waals surface area contributed by atoms with Crippen molar-refractivity contribution < 1.29 is 4.42 Å². The fourth-order valence-electron chi connectivity index (χ4n) is 2.91. The molecular weight excluding hydrogens is 372 g/mol. The zero-order valence-corrected chi connectivity index (χ0v) is 16.4. The summed E-state index contributed by atoms with van der Waals surface area (Å²) < 4.78 is 7.53. The Morgan fingerprint density at radius 2 is 1.82 bits per heavy atom. The van der Waals surface area contributed by atoms with Gasteiger partial charge in [0.25, 0.3) is 5.56 Å². The molecule has 0 spiro atoms. The highest BCUT2D eigenvalue weighted by molar-refractivity contribution is 7.98. The second-order valence-corrected chi connectivity index (χ2v) is 7.32. The first-order valence-electron chi connectivity index (χ1n) is 9.26. The number of hydrogen-bond donors (Lipinski definition) is 0. The molecule has 0 saturated carbocycles. The van der Waals surface area contributed by atoms with E-state index in [1.54, 1.807) is 4.57 Å². The highest BCUT2D eigenvalue weighted by atomic mass is 32.2. The van der Waals surface area contributed by atoms with Gasteiger partial charge in [-0.15, -0.1) is 10.2 Å². The van der Waals surface area contributed by atoms with Crippen LogP contribution in [0.25, 0.3) is 22.4 Å². The van der Waals surface area contributed by atoms with Crippen LogP contribution in [0.5, 0.6) is 0 Å². The minimum absolute atomic E-state index is 0.00273. The predicted molar refractivity (Wildman–Crippen MR) is 110 cm³/mol. The maximum atomic E-state index is 12.9. The molecule has 0 fully saturated rings. The van der Waals surface area contributed by atoms with Crippen LogP contribution in [0.15, 0.2) is 69.0 Å². The first-order chi connectivity index (χ1) is 13.8. The van der Waals surface area contributed by atoms with E-state index >= 15 is 0 Å². The molecule has 28 heavy (non-hydrogen) atoms. The molecule has 0 amide bonds. The summed E-state index contributed by atoms with van der Waals surface area (Å²) in [6.45, 7) is 2.75. The normalized spacial score (nSPS) is 11.2. The summed E-state index contributed by atoms with van der Waals surface area (Å²) in [6, 6.07) is 17.1. The van der Waals surface area contributed by atoms with E-state index in [9.17, 15) is 4.79 Å². The van der Waals surface area contributed by atoms with E-state index in [4.69, 9.17) is 9.40 Å². The Morgan fingerprint density at radius 1 is 1.04 bits per heavy atom. The number of hydrogen-bond acceptors (Lipinski definition) is 6. The van der Waals surface area contributed by atoms with Crippen LogP contribution in [-0.2, 0) is 12.3 Å². The molecule has 0 N–H and O–H groups in total. The second-order valence-electron chi connectivity index (χ2n) is 6.38. The number of nitrogens with zero attached hydrogens (tertiary/aromatic N) is 4. The molecule has 142 valence electrons. The molecule has 0 aliphatic carbocycles. The van der Waals surface area contributed by atoms with Crippen molar-refractivity contribution in [3.8, 4) is 11.5 Å². The molecule has 0 atom stereocenters. The van der Waals surface area contributed by atoms with Crippen molar-refractivity contribution >= 4 is 22.7 Å². The van der Waals surface area contributed by atoms with Gasteiger partial charge >= 0.3 is 0 Å². The SMILES string of the molecule is CCCCn1c(SCc2nnc(-c3ccccc3)o2)nc2ccccc2c1=O.